The van der Waals surface area contributed by atoms with Crippen LogP contribution in [0.1, 0.15) is 5.56 Å². The van der Waals surface area contributed by atoms with Crippen LogP contribution in [0.25, 0.3) is 5.69 Å². The van der Waals surface area contributed by atoms with Gasteiger partial charge in [-0.1, -0.05) is 18.2 Å². The van der Waals surface area contributed by atoms with Crippen LogP contribution in [0.3, 0.4) is 0 Å². The molecular weight excluding hydrogens is 236 g/mol. The largest absolute Gasteiger partial charge is 0.306 e. The summed E-state index contributed by atoms with van der Waals surface area (Å²) in [4.78, 5) is 3.99. The fraction of sp³-hybridized carbons (Fsp3) is 0.250. The number of aromatic nitrogens is 2. The van der Waals surface area contributed by atoms with Crippen molar-refractivity contribution < 1.29 is 8.42 Å². The summed E-state index contributed by atoms with van der Waals surface area (Å²) in [7, 11) is -2.93. The van der Waals surface area contributed by atoms with Gasteiger partial charge in [0, 0.05) is 24.3 Å². The summed E-state index contributed by atoms with van der Waals surface area (Å²) < 4.78 is 24.3. The first-order chi connectivity index (χ1) is 8.06. The summed E-state index contributed by atoms with van der Waals surface area (Å²) in [6.45, 7) is 0. The second kappa shape index (κ2) is 4.71. The van der Waals surface area contributed by atoms with Crippen LogP contribution in [0.4, 0.5) is 0 Å². The van der Waals surface area contributed by atoms with Crippen LogP contribution < -0.4 is 0 Å². The van der Waals surface area contributed by atoms with E-state index in [-0.39, 0.29) is 5.75 Å². The zero-order valence-corrected chi connectivity index (χ0v) is 10.4. The maximum absolute atomic E-state index is 11.2. The lowest BCUT2D eigenvalue weighted by Crippen LogP contribution is -2.08. The Morgan fingerprint density at radius 3 is 2.71 bits per heavy atom. The lowest BCUT2D eigenvalue weighted by molar-refractivity contribution is 0.601. The third kappa shape index (κ3) is 3.17. The Bertz CT molecular complexity index is 589. The SMILES string of the molecule is CS(=O)(=O)CCc1ccccc1-n1ccnc1. The highest BCUT2D eigenvalue weighted by Crippen LogP contribution is 2.15. The van der Waals surface area contributed by atoms with Crippen LogP contribution >= 0.6 is 0 Å². The van der Waals surface area contributed by atoms with Crippen molar-refractivity contribution in [3.05, 3.63) is 48.5 Å². The van der Waals surface area contributed by atoms with E-state index >= 15 is 0 Å². The van der Waals surface area contributed by atoms with E-state index in [1.54, 1.807) is 12.5 Å². The molecule has 0 fully saturated rings. The van der Waals surface area contributed by atoms with E-state index < -0.39 is 9.84 Å². The van der Waals surface area contributed by atoms with Gasteiger partial charge < -0.3 is 4.57 Å². The number of rotatable bonds is 4. The van der Waals surface area contributed by atoms with Gasteiger partial charge in [0.05, 0.1) is 12.1 Å². The van der Waals surface area contributed by atoms with E-state index in [4.69, 9.17) is 0 Å². The van der Waals surface area contributed by atoms with Crippen LogP contribution in [0.5, 0.6) is 0 Å². The predicted octanol–water partition coefficient (Wildman–Crippen LogP) is 1.46. The van der Waals surface area contributed by atoms with Crippen LogP contribution in [-0.4, -0.2) is 30.0 Å². The first kappa shape index (κ1) is 11.9. The van der Waals surface area contributed by atoms with Gasteiger partial charge in [0.25, 0.3) is 0 Å². The number of aryl methyl sites for hydroxylation is 1. The highest BCUT2D eigenvalue weighted by molar-refractivity contribution is 7.90. The number of sulfone groups is 1. The average Bonchev–Trinajstić information content (AvgIpc) is 2.79. The molecule has 0 bridgehead atoms. The minimum Gasteiger partial charge on any atom is -0.306 e. The summed E-state index contributed by atoms with van der Waals surface area (Å²) in [5, 5.41) is 0. The summed E-state index contributed by atoms with van der Waals surface area (Å²) in [5.41, 5.74) is 1.99. The lowest BCUT2D eigenvalue weighted by Gasteiger charge is -2.09. The van der Waals surface area contributed by atoms with Crippen LogP contribution in [0, 0.1) is 0 Å². The molecule has 90 valence electrons. The lowest BCUT2D eigenvalue weighted by atomic mass is 10.1. The van der Waals surface area contributed by atoms with Gasteiger partial charge in [-0.2, -0.15) is 0 Å². The molecule has 2 aromatic rings. The molecule has 0 amide bonds. The van der Waals surface area contributed by atoms with Crippen molar-refractivity contribution >= 4 is 9.84 Å². The molecule has 0 radical (unpaired) electrons. The molecular formula is C12H14N2O2S. The fourth-order valence-electron chi connectivity index (χ4n) is 1.67. The van der Waals surface area contributed by atoms with Crippen LogP contribution in [0.15, 0.2) is 43.0 Å². The summed E-state index contributed by atoms with van der Waals surface area (Å²) in [6.07, 6.45) is 7.03. The van der Waals surface area contributed by atoms with Gasteiger partial charge in [-0.05, 0) is 18.1 Å². The molecule has 0 atom stereocenters. The Morgan fingerprint density at radius 2 is 2.06 bits per heavy atom. The molecule has 0 saturated heterocycles. The van der Waals surface area contributed by atoms with Crippen LogP contribution in [-0.2, 0) is 16.3 Å². The van der Waals surface area contributed by atoms with E-state index in [0.29, 0.717) is 6.42 Å². The molecule has 17 heavy (non-hydrogen) atoms. The van der Waals surface area contributed by atoms with Crippen LogP contribution in [0.2, 0.25) is 0 Å². The third-order valence-corrected chi connectivity index (χ3v) is 3.46. The second-order valence-electron chi connectivity index (χ2n) is 3.98. The molecule has 2 rings (SSSR count). The third-order valence-electron chi connectivity index (χ3n) is 2.52. The minimum atomic E-state index is -2.93. The maximum atomic E-state index is 11.2. The van der Waals surface area contributed by atoms with Gasteiger partial charge in [-0.3, -0.25) is 0 Å². The smallest absolute Gasteiger partial charge is 0.147 e. The number of nitrogens with zero attached hydrogens (tertiary/aromatic N) is 2. The van der Waals surface area contributed by atoms with E-state index in [1.165, 1.54) is 6.26 Å². The maximum Gasteiger partial charge on any atom is 0.147 e. The van der Waals surface area contributed by atoms with Crippen molar-refractivity contribution in [1.29, 1.82) is 0 Å². The Labute approximate surface area is 101 Å². The summed E-state index contributed by atoms with van der Waals surface area (Å²) in [5.74, 6) is 0.165. The Morgan fingerprint density at radius 1 is 1.29 bits per heavy atom. The Hall–Kier alpha value is -1.62. The zero-order chi connectivity index (χ0) is 12.3. The number of benzene rings is 1. The first-order valence-corrected chi connectivity index (χ1v) is 7.36. The molecule has 5 heteroatoms. The van der Waals surface area contributed by atoms with Crippen molar-refractivity contribution in [2.75, 3.05) is 12.0 Å². The molecule has 0 aliphatic heterocycles. The molecule has 4 nitrogen and oxygen atoms in total. The molecule has 1 aromatic carbocycles. The van der Waals surface area contributed by atoms with Crippen molar-refractivity contribution in [3.63, 3.8) is 0 Å². The van der Waals surface area contributed by atoms with Gasteiger partial charge in [-0.15, -0.1) is 0 Å². The Kier molecular flexibility index (Phi) is 3.28. The second-order valence-corrected chi connectivity index (χ2v) is 6.24. The molecule has 1 aromatic heterocycles. The predicted molar refractivity (Wildman–Crippen MR) is 67.0 cm³/mol. The molecule has 0 aliphatic rings. The Balaban J connectivity index is 2.29. The number of imidazole rings is 1. The first-order valence-electron chi connectivity index (χ1n) is 5.30. The van der Waals surface area contributed by atoms with E-state index in [9.17, 15) is 8.42 Å². The highest BCUT2D eigenvalue weighted by atomic mass is 32.2. The monoisotopic (exact) mass is 250 g/mol. The quantitative estimate of drug-likeness (QED) is 0.825. The molecule has 0 saturated carbocycles. The van der Waals surface area contributed by atoms with Gasteiger partial charge in [-0.25, -0.2) is 13.4 Å². The summed E-state index contributed by atoms with van der Waals surface area (Å²) >= 11 is 0. The van der Waals surface area contributed by atoms with Crippen molar-refractivity contribution in [2.24, 2.45) is 0 Å². The molecule has 0 unspecified atom stereocenters. The van der Waals surface area contributed by atoms with Gasteiger partial charge in [0.1, 0.15) is 9.84 Å². The fourth-order valence-corrected chi connectivity index (χ4v) is 2.26. The van der Waals surface area contributed by atoms with E-state index in [0.717, 1.165) is 11.3 Å². The number of para-hydroxylation sites is 1. The standard InChI is InChI=1S/C12H14N2O2S/c1-17(15,16)9-6-11-4-2-3-5-12(11)14-8-7-13-10-14/h2-5,7-8,10H,6,9H2,1H3. The van der Waals surface area contributed by atoms with Gasteiger partial charge >= 0.3 is 0 Å². The molecule has 0 spiro atoms. The van der Waals surface area contributed by atoms with E-state index in [2.05, 4.69) is 4.98 Å². The van der Waals surface area contributed by atoms with E-state index in [1.807, 2.05) is 35.0 Å². The number of hydrogen-bond donors (Lipinski definition) is 0. The minimum absolute atomic E-state index is 0.165. The highest BCUT2D eigenvalue weighted by Gasteiger charge is 2.07. The average molecular weight is 250 g/mol. The van der Waals surface area contributed by atoms with Crippen molar-refractivity contribution in [1.82, 2.24) is 9.55 Å². The topological polar surface area (TPSA) is 52.0 Å². The van der Waals surface area contributed by atoms with Crippen molar-refractivity contribution in [3.8, 4) is 5.69 Å². The molecule has 0 aliphatic carbocycles. The van der Waals surface area contributed by atoms with Crippen molar-refractivity contribution in [2.45, 2.75) is 6.42 Å². The van der Waals surface area contributed by atoms with Gasteiger partial charge in [0.2, 0.25) is 0 Å². The van der Waals surface area contributed by atoms with Gasteiger partial charge in [0.15, 0.2) is 0 Å². The summed E-state index contributed by atoms with van der Waals surface area (Å²) in [6, 6.07) is 7.75. The normalized spacial score (nSPS) is 11.6. The zero-order valence-electron chi connectivity index (χ0n) is 9.57. The number of hydrogen-bond acceptors (Lipinski definition) is 3. The molecule has 0 N–H and O–H groups in total. The molecule has 1 heterocycles.